The van der Waals surface area contributed by atoms with E-state index in [-0.39, 0.29) is 5.97 Å². The Morgan fingerprint density at radius 2 is 1.74 bits per heavy atom. The Bertz CT molecular complexity index is 558. The molecule has 0 saturated carbocycles. The second-order valence-corrected chi connectivity index (χ2v) is 3.99. The third-order valence-electron chi connectivity index (χ3n) is 2.82. The van der Waals surface area contributed by atoms with Crippen molar-refractivity contribution < 1.29 is 14.3 Å². The van der Waals surface area contributed by atoms with Crippen LogP contribution in [0.15, 0.2) is 48.5 Å². The van der Waals surface area contributed by atoms with Gasteiger partial charge < -0.3 is 9.47 Å². The van der Waals surface area contributed by atoms with Crippen LogP contribution >= 0.6 is 0 Å². The molecule has 0 aliphatic carbocycles. The molecule has 98 valence electrons. The van der Waals surface area contributed by atoms with Crippen LogP contribution in [0.25, 0.3) is 11.1 Å². The van der Waals surface area contributed by atoms with Crippen LogP contribution in [-0.2, 0) is 4.74 Å². The number of methoxy groups -OCH3 is 1. The number of rotatable bonds is 4. The Kier molecular flexibility index (Phi) is 4.18. The fourth-order valence-corrected chi connectivity index (χ4v) is 1.89. The molecule has 0 amide bonds. The third-order valence-corrected chi connectivity index (χ3v) is 2.82. The van der Waals surface area contributed by atoms with Gasteiger partial charge in [0.25, 0.3) is 0 Å². The molecule has 0 aromatic heterocycles. The summed E-state index contributed by atoms with van der Waals surface area (Å²) in [6.07, 6.45) is 0. The average Bonchev–Trinajstić information content (AvgIpc) is 2.47. The van der Waals surface area contributed by atoms with E-state index in [4.69, 9.17) is 9.47 Å². The van der Waals surface area contributed by atoms with Crippen molar-refractivity contribution in [1.29, 1.82) is 0 Å². The first kappa shape index (κ1) is 13.1. The second-order valence-electron chi connectivity index (χ2n) is 3.99. The maximum absolute atomic E-state index is 11.9. The summed E-state index contributed by atoms with van der Waals surface area (Å²) < 4.78 is 10.2. The van der Waals surface area contributed by atoms with E-state index >= 15 is 0 Å². The SMILES string of the molecule is CCOC(=O)c1ccccc1-c1ccc(OC)cc1. The summed E-state index contributed by atoms with van der Waals surface area (Å²) in [6.45, 7) is 2.17. The predicted octanol–water partition coefficient (Wildman–Crippen LogP) is 3.54. The van der Waals surface area contributed by atoms with Gasteiger partial charge in [-0.2, -0.15) is 0 Å². The fraction of sp³-hybridized carbons (Fsp3) is 0.188. The Balaban J connectivity index is 2.40. The first-order valence-electron chi connectivity index (χ1n) is 6.17. The largest absolute Gasteiger partial charge is 0.497 e. The average molecular weight is 256 g/mol. The molecule has 19 heavy (non-hydrogen) atoms. The monoisotopic (exact) mass is 256 g/mol. The Morgan fingerprint density at radius 1 is 1.05 bits per heavy atom. The number of ether oxygens (including phenoxy) is 2. The van der Waals surface area contributed by atoms with E-state index in [2.05, 4.69) is 0 Å². The van der Waals surface area contributed by atoms with E-state index in [1.54, 1.807) is 20.1 Å². The van der Waals surface area contributed by atoms with Crippen LogP contribution < -0.4 is 4.74 Å². The van der Waals surface area contributed by atoms with Crippen molar-refractivity contribution in [2.24, 2.45) is 0 Å². The Hall–Kier alpha value is -2.29. The van der Waals surface area contributed by atoms with E-state index in [9.17, 15) is 4.79 Å². The molecule has 0 heterocycles. The molecule has 0 saturated heterocycles. The molecule has 2 aromatic rings. The molecule has 3 heteroatoms. The number of esters is 1. The highest BCUT2D eigenvalue weighted by atomic mass is 16.5. The molecule has 2 aromatic carbocycles. The van der Waals surface area contributed by atoms with Gasteiger partial charge in [0.05, 0.1) is 19.3 Å². The molecule has 0 aliphatic rings. The Labute approximate surface area is 112 Å². The highest BCUT2D eigenvalue weighted by molar-refractivity contribution is 5.97. The lowest BCUT2D eigenvalue weighted by atomic mass is 10.00. The van der Waals surface area contributed by atoms with Crippen molar-refractivity contribution in [3.8, 4) is 16.9 Å². The van der Waals surface area contributed by atoms with Gasteiger partial charge in [-0.1, -0.05) is 30.3 Å². The lowest BCUT2D eigenvalue weighted by Gasteiger charge is -2.09. The quantitative estimate of drug-likeness (QED) is 0.785. The molecule has 0 unspecified atom stereocenters. The van der Waals surface area contributed by atoms with Gasteiger partial charge in [0.15, 0.2) is 0 Å². The molecule has 0 fully saturated rings. The molecule has 3 nitrogen and oxygen atoms in total. The molecule has 2 rings (SSSR count). The summed E-state index contributed by atoms with van der Waals surface area (Å²) in [5.41, 5.74) is 2.41. The lowest BCUT2D eigenvalue weighted by Crippen LogP contribution is -2.06. The standard InChI is InChI=1S/C16H16O3/c1-3-19-16(17)15-7-5-4-6-14(15)12-8-10-13(18-2)11-9-12/h4-11H,3H2,1-2H3. The van der Waals surface area contributed by atoms with Gasteiger partial charge in [-0.05, 0) is 36.2 Å². The summed E-state index contributed by atoms with van der Waals surface area (Å²) in [5.74, 6) is 0.492. The van der Waals surface area contributed by atoms with Crippen molar-refractivity contribution >= 4 is 5.97 Å². The second kappa shape index (κ2) is 6.05. The van der Waals surface area contributed by atoms with Gasteiger partial charge in [-0.3, -0.25) is 0 Å². The molecular formula is C16H16O3. The van der Waals surface area contributed by atoms with Crippen LogP contribution in [-0.4, -0.2) is 19.7 Å². The van der Waals surface area contributed by atoms with Gasteiger partial charge in [0, 0.05) is 0 Å². The van der Waals surface area contributed by atoms with Crippen LogP contribution in [0.2, 0.25) is 0 Å². The fourth-order valence-electron chi connectivity index (χ4n) is 1.89. The van der Waals surface area contributed by atoms with Crippen LogP contribution in [0.3, 0.4) is 0 Å². The normalized spacial score (nSPS) is 10.0. The van der Waals surface area contributed by atoms with Crippen LogP contribution in [0, 0.1) is 0 Å². The van der Waals surface area contributed by atoms with Crippen molar-refractivity contribution in [3.63, 3.8) is 0 Å². The van der Waals surface area contributed by atoms with Crippen LogP contribution in [0.5, 0.6) is 5.75 Å². The highest BCUT2D eigenvalue weighted by Gasteiger charge is 2.12. The van der Waals surface area contributed by atoms with E-state index < -0.39 is 0 Å². The van der Waals surface area contributed by atoms with Crippen LogP contribution in [0.1, 0.15) is 17.3 Å². The van der Waals surface area contributed by atoms with Gasteiger partial charge >= 0.3 is 5.97 Å². The molecule has 0 aliphatic heterocycles. The van der Waals surface area contributed by atoms with Gasteiger partial charge in [-0.25, -0.2) is 4.79 Å². The maximum Gasteiger partial charge on any atom is 0.338 e. The summed E-state index contributed by atoms with van der Waals surface area (Å²) in [5, 5.41) is 0. The molecule has 0 radical (unpaired) electrons. The zero-order chi connectivity index (χ0) is 13.7. The number of carbonyl (C=O) groups excluding carboxylic acids is 1. The zero-order valence-electron chi connectivity index (χ0n) is 11.1. The molecule has 0 spiro atoms. The lowest BCUT2D eigenvalue weighted by molar-refractivity contribution is 0.0527. The van der Waals surface area contributed by atoms with Crippen molar-refractivity contribution in [2.45, 2.75) is 6.92 Å². The van der Waals surface area contributed by atoms with E-state index in [0.717, 1.165) is 16.9 Å². The first-order valence-corrected chi connectivity index (χ1v) is 6.17. The zero-order valence-corrected chi connectivity index (χ0v) is 11.1. The molecule has 0 bridgehead atoms. The Morgan fingerprint density at radius 3 is 2.37 bits per heavy atom. The molecule has 0 N–H and O–H groups in total. The van der Waals surface area contributed by atoms with Gasteiger partial charge in [0.1, 0.15) is 5.75 Å². The summed E-state index contributed by atoms with van der Waals surface area (Å²) in [7, 11) is 1.63. The van der Waals surface area contributed by atoms with Crippen molar-refractivity contribution in [2.75, 3.05) is 13.7 Å². The molecular weight excluding hydrogens is 240 g/mol. The van der Waals surface area contributed by atoms with E-state index in [0.29, 0.717) is 12.2 Å². The third kappa shape index (κ3) is 2.94. The smallest absolute Gasteiger partial charge is 0.338 e. The van der Waals surface area contributed by atoms with Gasteiger partial charge in [-0.15, -0.1) is 0 Å². The van der Waals surface area contributed by atoms with Crippen molar-refractivity contribution in [3.05, 3.63) is 54.1 Å². The summed E-state index contributed by atoms with van der Waals surface area (Å²) in [4.78, 5) is 11.9. The van der Waals surface area contributed by atoms with E-state index in [1.165, 1.54) is 0 Å². The van der Waals surface area contributed by atoms with E-state index in [1.807, 2.05) is 42.5 Å². The van der Waals surface area contributed by atoms with Crippen molar-refractivity contribution in [1.82, 2.24) is 0 Å². The summed E-state index contributed by atoms with van der Waals surface area (Å²) >= 11 is 0. The number of benzene rings is 2. The van der Waals surface area contributed by atoms with Crippen LogP contribution in [0.4, 0.5) is 0 Å². The highest BCUT2D eigenvalue weighted by Crippen LogP contribution is 2.26. The minimum absolute atomic E-state index is 0.297. The van der Waals surface area contributed by atoms with Gasteiger partial charge in [0.2, 0.25) is 0 Å². The number of carbonyl (C=O) groups is 1. The minimum Gasteiger partial charge on any atom is -0.497 e. The maximum atomic E-state index is 11.9. The first-order chi connectivity index (χ1) is 9.26. The topological polar surface area (TPSA) is 35.5 Å². The predicted molar refractivity (Wildman–Crippen MR) is 74.4 cm³/mol. The number of hydrogen-bond acceptors (Lipinski definition) is 3. The molecule has 0 atom stereocenters. The number of hydrogen-bond donors (Lipinski definition) is 0. The minimum atomic E-state index is -0.297. The summed E-state index contributed by atoms with van der Waals surface area (Å²) in [6, 6.07) is 15.0.